The van der Waals surface area contributed by atoms with Crippen LogP contribution in [0.4, 0.5) is 0 Å². The van der Waals surface area contributed by atoms with Crippen molar-refractivity contribution in [1.29, 1.82) is 0 Å². The molecule has 182 valence electrons. The number of ether oxygens (including phenoxy) is 3. The molecule has 14 nitrogen and oxygen atoms in total. The number of nitrogens with one attached hydrogen (secondary N) is 1. The molecule has 0 radical (unpaired) electrons. The smallest absolute Gasteiger partial charge is 0.217 e. The third-order valence-electron chi connectivity index (χ3n) is 5.15. The Morgan fingerprint density at radius 2 is 1.68 bits per heavy atom. The molecule has 10 unspecified atom stereocenters. The van der Waals surface area contributed by atoms with Gasteiger partial charge in [-0.1, -0.05) is 0 Å². The Balaban J connectivity index is 2.23. The summed E-state index contributed by atoms with van der Waals surface area (Å²) < 4.78 is 16.7. The predicted octanol–water partition coefficient (Wildman–Crippen LogP) is -5.42. The van der Waals surface area contributed by atoms with E-state index in [2.05, 4.69) is 5.32 Å². The molecular formula is C17H33N3O11. The number of carbonyl (C=O) groups excluding carboxylic acids is 1. The lowest BCUT2D eigenvalue weighted by atomic mass is 9.94. The number of hydrogen-bond donors (Lipinski definition) is 8. The van der Waals surface area contributed by atoms with Crippen LogP contribution >= 0.6 is 0 Å². The Kier molecular flexibility index (Phi) is 9.94. The molecule has 0 bridgehead atoms. The van der Waals surface area contributed by atoms with E-state index >= 15 is 0 Å². The zero-order chi connectivity index (χ0) is 23.3. The molecule has 2 heterocycles. The highest BCUT2D eigenvalue weighted by molar-refractivity contribution is 5.73. The minimum Gasteiger partial charge on any atom is -0.394 e. The monoisotopic (exact) mass is 455 g/mol. The maximum Gasteiger partial charge on any atom is 0.217 e. The molecule has 2 saturated heterocycles. The number of hydrogen-bond acceptors (Lipinski definition) is 13. The maximum atomic E-state index is 11.7. The minimum atomic E-state index is -1.73. The lowest BCUT2D eigenvalue weighted by Crippen LogP contribution is -2.69. The number of nitrogens with zero attached hydrogens (tertiary/aromatic N) is 1. The molecule has 2 aliphatic heterocycles. The van der Waals surface area contributed by atoms with Crippen molar-refractivity contribution in [3.05, 3.63) is 0 Å². The van der Waals surface area contributed by atoms with Gasteiger partial charge in [-0.3, -0.25) is 9.63 Å². The zero-order valence-corrected chi connectivity index (χ0v) is 17.4. The summed E-state index contributed by atoms with van der Waals surface area (Å²) in [5.74, 6) is -0.487. The average Bonchev–Trinajstić information content (AvgIpc) is 2.74. The first kappa shape index (κ1) is 26.2. The number of likely N-dealkylation sites (N-methyl/N-ethyl adjacent to an activating group) is 1. The number of aliphatic hydroxyl groups excluding tert-OH is 6. The molecule has 0 aromatic heterocycles. The second-order valence-corrected chi connectivity index (χ2v) is 7.43. The SMILES string of the molecule is CC(=O)NC1C(O)C(OC2OC(CO)C(O)C(O)C2O)C(CO)OC1N(C)OCCN. The number of amides is 1. The summed E-state index contributed by atoms with van der Waals surface area (Å²) in [6, 6.07) is -1.09. The van der Waals surface area contributed by atoms with Crippen LogP contribution in [0.3, 0.4) is 0 Å². The van der Waals surface area contributed by atoms with Gasteiger partial charge in [0.25, 0.3) is 0 Å². The van der Waals surface area contributed by atoms with E-state index in [0.29, 0.717) is 0 Å². The van der Waals surface area contributed by atoms with E-state index in [4.69, 9.17) is 24.8 Å². The second-order valence-electron chi connectivity index (χ2n) is 7.43. The molecule has 10 atom stereocenters. The number of aliphatic hydroxyl groups is 6. The fraction of sp³-hybridized carbons (Fsp3) is 0.941. The summed E-state index contributed by atoms with van der Waals surface area (Å²) in [7, 11) is 1.50. The van der Waals surface area contributed by atoms with Crippen molar-refractivity contribution >= 4 is 5.91 Å². The Morgan fingerprint density at radius 1 is 1.03 bits per heavy atom. The predicted molar refractivity (Wildman–Crippen MR) is 101 cm³/mol. The molecule has 9 N–H and O–H groups in total. The normalized spacial score (nSPS) is 41.4. The molecule has 2 fully saturated rings. The van der Waals surface area contributed by atoms with Gasteiger partial charge in [-0.15, -0.1) is 0 Å². The lowest BCUT2D eigenvalue weighted by molar-refractivity contribution is -0.354. The van der Waals surface area contributed by atoms with Crippen molar-refractivity contribution < 1.29 is 54.5 Å². The molecular weight excluding hydrogens is 422 g/mol. The topological polar surface area (TPSA) is 217 Å². The molecule has 0 spiro atoms. The number of nitrogens with two attached hydrogens (primary N) is 1. The van der Waals surface area contributed by atoms with Crippen LogP contribution in [-0.2, 0) is 23.8 Å². The van der Waals surface area contributed by atoms with Crippen molar-refractivity contribution in [2.45, 2.75) is 68.2 Å². The third-order valence-corrected chi connectivity index (χ3v) is 5.15. The highest BCUT2D eigenvalue weighted by atomic mass is 16.7. The second kappa shape index (κ2) is 11.7. The van der Waals surface area contributed by atoms with Gasteiger partial charge in [0.2, 0.25) is 5.91 Å². The first-order valence-electron chi connectivity index (χ1n) is 9.89. The molecule has 0 aromatic carbocycles. The van der Waals surface area contributed by atoms with Gasteiger partial charge in [-0.25, -0.2) is 0 Å². The quantitative estimate of drug-likeness (QED) is 0.152. The van der Waals surface area contributed by atoms with Crippen LogP contribution in [0.5, 0.6) is 0 Å². The first-order valence-corrected chi connectivity index (χ1v) is 9.89. The van der Waals surface area contributed by atoms with E-state index in [1.807, 2.05) is 0 Å². The van der Waals surface area contributed by atoms with Crippen LogP contribution in [0.15, 0.2) is 0 Å². The van der Waals surface area contributed by atoms with Gasteiger partial charge in [0, 0.05) is 20.5 Å². The molecule has 31 heavy (non-hydrogen) atoms. The number of rotatable bonds is 9. The van der Waals surface area contributed by atoms with E-state index in [9.17, 15) is 35.4 Å². The van der Waals surface area contributed by atoms with E-state index < -0.39 is 80.4 Å². The molecule has 2 rings (SSSR count). The van der Waals surface area contributed by atoms with Gasteiger partial charge in [-0.2, -0.15) is 5.06 Å². The number of hydroxylamine groups is 2. The van der Waals surface area contributed by atoms with Crippen molar-refractivity contribution in [3.8, 4) is 0 Å². The number of carbonyl (C=O) groups is 1. The Bertz CT molecular complexity index is 571. The van der Waals surface area contributed by atoms with E-state index in [1.165, 1.54) is 19.0 Å². The van der Waals surface area contributed by atoms with Gasteiger partial charge in [0.15, 0.2) is 12.5 Å². The Hall–Kier alpha value is -1.01. The fourth-order valence-corrected chi connectivity index (χ4v) is 3.56. The lowest BCUT2D eigenvalue weighted by Gasteiger charge is -2.48. The van der Waals surface area contributed by atoms with Crippen LogP contribution in [-0.4, -0.2) is 136 Å². The van der Waals surface area contributed by atoms with Crippen LogP contribution in [0.25, 0.3) is 0 Å². The van der Waals surface area contributed by atoms with Crippen molar-refractivity contribution in [1.82, 2.24) is 10.4 Å². The van der Waals surface area contributed by atoms with Crippen molar-refractivity contribution in [3.63, 3.8) is 0 Å². The van der Waals surface area contributed by atoms with Crippen LogP contribution in [0.2, 0.25) is 0 Å². The van der Waals surface area contributed by atoms with Gasteiger partial charge >= 0.3 is 0 Å². The highest BCUT2D eigenvalue weighted by Crippen LogP contribution is 2.30. The van der Waals surface area contributed by atoms with Crippen LogP contribution in [0, 0.1) is 0 Å². The van der Waals surface area contributed by atoms with E-state index in [-0.39, 0.29) is 13.2 Å². The van der Waals surface area contributed by atoms with Crippen molar-refractivity contribution in [2.75, 3.05) is 33.4 Å². The molecule has 0 aromatic rings. The van der Waals surface area contributed by atoms with Crippen LogP contribution in [0.1, 0.15) is 6.92 Å². The summed E-state index contributed by atoms with van der Waals surface area (Å²) in [5.41, 5.74) is 5.42. The minimum absolute atomic E-state index is 0.133. The standard InChI is InChI=1S/C17H33N3O11/c1-7(23)19-10-12(25)15(9(6-22)29-16(10)20(2)28-4-3-18)31-17-14(27)13(26)11(24)8(5-21)30-17/h8-17,21-22,24-27H,3-6,18H2,1-2H3,(H,19,23). The molecule has 2 aliphatic rings. The largest absolute Gasteiger partial charge is 0.394 e. The molecule has 1 amide bonds. The molecule has 0 saturated carbocycles. The Labute approximate surface area is 179 Å². The molecule has 14 heteroatoms. The van der Waals surface area contributed by atoms with Crippen molar-refractivity contribution in [2.24, 2.45) is 5.73 Å². The van der Waals surface area contributed by atoms with Gasteiger partial charge in [-0.05, 0) is 0 Å². The van der Waals surface area contributed by atoms with Gasteiger partial charge < -0.3 is 55.9 Å². The first-order chi connectivity index (χ1) is 14.7. The summed E-state index contributed by atoms with van der Waals surface area (Å²) in [4.78, 5) is 17.1. The maximum absolute atomic E-state index is 11.7. The van der Waals surface area contributed by atoms with E-state index in [0.717, 1.165) is 0 Å². The Morgan fingerprint density at radius 3 is 2.23 bits per heavy atom. The van der Waals surface area contributed by atoms with Crippen LogP contribution < -0.4 is 11.1 Å². The van der Waals surface area contributed by atoms with E-state index in [1.54, 1.807) is 0 Å². The third kappa shape index (κ3) is 6.07. The summed E-state index contributed by atoms with van der Waals surface area (Å²) in [6.07, 6.45) is -12.8. The summed E-state index contributed by atoms with van der Waals surface area (Å²) in [6.45, 7) is 0.283. The summed E-state index contributed by atoms with van der Waals surface area (Å²) >= 11 is 0. The zero-order valence-electron chi connectivity index (χ0n) is 17.4. The highest BCUT2D eigenvalue weighted by Gasteiger charge is 2.51. The fourth-order valence-electron chi connectivity index (χ4n) is 3.56. The van der Waals surface area contributed by atoms with Gasteiger partial charge in [0.1, 0.15) is 42.7 Å². The molecule has 0 aliphatic carbocycles. The van der Waals surface area contributed by atoms with Gasteiger partial charge in [0.05, 0.1) is 25.9 Å². The average molecular weight is 455 g/mol. The summed E-state index contributed by atoms with van der Waals surface area (Å²) in [5, 5.41) is 63.9.